The molecule has 0 aromatic heterocycles. The fourth-order valence-corrected chi connectivity index (χ4v) is 2.90. The Balaban J connectivity index is 1.69. The van der Waals surface area contributed by atoms with Crippen molar-refractivity contribution in [2.45, 2.75) is 19.6 Å². The molecule has 0 radical (unpaired) electrons. The summed E-state index contributed by atoms with van der Waals surface area (Å²) >= 11 is 0. The van der Waals surface area contributed by atoms with Crippen molar-refractivity contribution < 1.29 is 14.3 Å². The summed E-state index contributed by atoms with van der Waals surface area (Å²) in [7, 11) is 1.75. The van der Waals surface area contributed by atoms with E-state index in [0.717, 1.165) is 5.56 Å². The maximum Gasteiger partial charge on any atom is 0.265 e. The quantitative estimate of drug-likeness (QED) is 0.654. The van der Waals surface area contributed by atoms with Gasteiger partial charge in [-0.25, -0.2) is 0 Å². The summed E-state index contributed by atoms with van der Waals surface area (Å²) in [5, 5.41) is 2.82. The van der Waals surface area contributed by atoms with E-state index in [-0.39, 0.29) is 11.8 Å². The molecule has 0 aliphatic carbocycles. The molecule has 0 aliphatic heterocycles. The van der Waals surface area contributed by atoms with Crippen LogP contribution < -0.4 is 10.1 Å². The molecular formula is C24H24N2O3. The van der Waals surface area contributed by atoms with Crippen LogP contribution in [0.4, 0.5) is 5.69 Å². The van der Waals surface area contributed by atoms with Crippen LogP contribution in [0.5, 0.6) is 5.75 Å². The maximum absolute atomic E-state index is 13.0. The topological polar surface area (TPSA) is 58.6 Å². The normalized spacial score (nSPS) is 11.4. The van der Waals surface area contributed by atoms with Crippen LogP contribution in [0.25, 0.3) is 0 Å². The summed E-state index contributed by atoms with van der Waals surface area (Å²) < 4.78 is 5.67. The highest BCUT2D eigenvalue weighted by Gasteiger charge is 2.20. The fraction of sp³-hybridized carbons (Fsp3) is 0.167. The van der Waals surface area contributed by atoms with Crippen LogP contribution in [-0.4, -0.2) is 29.9 Å². The van der Waals surface area contributed by atoms with Gasteiger partial charge in [-0.3, -0.25) is 9.59 Å². The van der Waals surface area contributed by atoms with Crippen molar-refractivity contribution in [2.24, 2.45) is 0 Å². The van der Waals surface area contributed by atoms with E-state index in [1.807, 2.05) is 48.5 Å². The minimum absolute atomic E-state index is 0.165. The van der Waals surface area contributed by atoms with Crippen LogP contribution in [0.15, 0.2) is 84.9 Å². The van der Waals surface area contributed by atoms with Gasteiger partial charge in [0.25, 0.3) is 11.8 Å². The van der Waals surface area contributed by atoms with Gasteiger partial charge in [-0.2, -0.15) is 0 Å². The van der Waals surface area contributed by atoms with E-state index in [9.17, 15) is 9.59 Å². The lowest BCUT2D eigenvalue weighted by Gasteiger charge is -2.20. The van der Waals surface area contributed by atoms with Gasteiger partial charge in [-0.1, -0.05) is 60.7 Å². The lowest BCUT2D eigenvalue weighted by atomic mass is 10.1. The third-order valence-corrected chi connectivity index (χ3v) is 4.45. The van der Waals surface area contributed by atoms with E-state index in [2.05, 4.69) is 5.32 Å². The first-order valence-electron chi connectivity index (χ1n) is 9.45. The standard InChI is InChI=1S/C24H24N2O3/c1-18(29-20-13-7-4-8-14-20)23(27)25-22-16-10-9-15-21(22)24(28)26(2)17-19-11-5-3-6-12-19/h3-16,18H,17H2,1-2H3,(H,25,27). The van der Waals surface area contributed by atoms with Gasteiger partial charge >= 0.3 is 0 Å². The highest BCUT2D eigenvalue weighted by atomic mass is 16.5. The molecule has 0 saturated carbocycles. The Kier molecular flexibility index (Phi) is 6.63. The number of rotatable bonds is 7. The highest BCUT2D eigenvalue weighted by molar-refractivity contribution is 6.04. The monoisotopic (exact) mass is 388 g/mol. The van der Waals surface area contributed by atoms with Gasteiger partial charge in [0.1, 0.15) is 5.75 Å². The highest BCUT2D eigenvalue weighted by Crippen LogP contribution is 2.19. The van der Waals surface area contributed by atoms with Gasteiger partial charge in [0.05, 0.1) is 11.3 Å². The smallest absolute Gasteiger partial charge is 0.265 e. The minimum atomic E-state index is -0.706. The Morgan fingerprint density at radius 2 is 1.48 bits per heavy atom. The molecule has 29 heavy (non-hydrogen) atoms. The van der Waals surface area contributed by atoms with Crippen LogP contribution in [-0.2, 0) is 11.3 Å². The van der Waals surface area contributed by atoms with Crippen molar-refractivity contribution in [3.05, 3.63) is 96.1 Å². The first-order valence-corrected chi connectivity index (χ1v) is 9.45. The number of hydrogen-bond acceptors (Lipinski definition) is 3. The number of carbonyl (C=O) groups excluding carboxylic acids is 2. The lowest BCUT2D eigenvalue weighted by molar-refractivity contribution is -0.122. The minimum Gasteiger partial charge on any atom is -0.481 e. The largest absolute Gasteiger partial charge is 0.481 e. The molecule has 3 aromatic carbocycles. The molecule has 0 fully saturated rings. The number of anilines is 1. The van der Waals surface area contributed by atoms with Gasteiger partial charge in [0, 0.05) is 13.6 Å². The molecular weight excluding hydrogens is 364 g/mol. The Hall–Kier alpha value is -3.60. The van der Waals surface area contributed by atoms with Crippen LogP contribution in [0.1, 0.15) is 22.8 Å². The Labute approximate surface area is 170 Å². The third-order valence-electron chi connectivity index (χ3n) is 4.45. The van der Waals surface area contributed by atoms with Crippen molar-refractivity contribution in [2.75, 3.05) is 12.4 Å². The number of benzene rings is 3. The molecule has 1 atom stereocenters. The maximum atomic E-state index is 13.0. The van der Waals surface area contributed by atoms with E-state index < -0.39 is 6.10 Å². The average molecular weight is 388 g/mol. The summed E-state index contributed by atoms with van der Waals surface area (Å²) in [4.78, 5) is 27.2. The number of carbonyl (C=O) groups is 2. The van der Waals surface area contributed by atoms with Gasteiger partial charge in [-0.15, -0.1) is 0 Å². The zero-order valence-corrected chi connectivity index (χ0v) is 16.5. The molecule has 0 aliphatic rings. The first kappa shape index (κ1) is 20.1. The summed E-state index contributed by atoms with van der Waals surface area (Å²) in [6.45, 7) is 2.16. The molecule has 5 heteroatoms. The molecule has 148 valence electrons. The van der Waals surface area contributed by atoms with Crippen LogP contribution in [0, 0.1) is 0 Å². The average Bonchev–Trinajstić information content (AvgIpc) is 2.75. The summed E-state index contributed by atoms with van der Waals surface area (Å²) in [5.41, 5.74) is 1.94. The molecule has 0 heterocycles. The van der Waals surface area contributed by atoms with Gasteiger partial charge < -0.3 is 15.0 Å². The zero-order chi connectivity index (χ0) is 20.6. The first-order chi connectivity index (χ1) is 14.0. The second-order valence-corrected chi connectivity index (χ2v) is 6.75. The van der Waals surface area contributed by atoms with E-state index >= 15 is 0 Å². The number of hydrogen-bond donors (Lipinski definition) is 1. The predicted molar refractivity (Wildman–Crippen MR) is 114 cm³/mol. The van der Waals surface area contributed by atoms with Crippen molar-refractivity contribution in [3.8, 4) is 5.75 Å². The van der Waals surface area contributed by atoms with Gasteiger partial charge in [0.15, 0.2) is 6.10 Å². The summed E-state index contributed by atoms with van der Waals surface area (Å²) in [6.07, 6.45) is -0.706. The van der Waals surface area contributed by atoms with Gasteiger partial charge in [0.2, 0.25) is 0 Å². The zero-order valence-electron chi connectivity index (χ0n) is 16.5. The summed E-state index contributed by atoms with van der Waals surface area (Å²) in [5.74, 6) is 0.128. The van der Waals surface area contributed by atoms with Crippen LogP contribution >= 0.6 is 0 Å². The molecule has 5 nitrogen and oxygen atoms in total. The number of amides is 2. The van der Waals surface area contributed by atoms with Crippen LogP contribution in [0.2, 0.25) is 0 Å². The lowest BCUT2D eigenvalue weighted by Crippen LogP contribution is -2.32. The molecule has 3 aromatic rings. The molecule has 1 N–H and O–H groups in total. The van der Waals surface area contributed by atoms with Crippen LogP contribution in [0.3, 0.4) is 0 Å². The second-order valence-electron chi connectivity index (χ2n) is 6.75. The van der Waals surface area contributed by atoms with Crippen molar-refractivity contribution in [3.63, 3.8) is 0 Å². The fourth-order valence-electron chi connectivity index (χ4n) is 2.90. The third kappa shape index (κ3) is 5.45. The van der Waals surface area contributed by atoms with Crippen molar-refractivity contribution >= 4 is 17.5 Å². The van der Waals surface area contributed by atoms with Gasteiger partial charge in [-0.05, 0) is 36.8 Å². The number of nitrogens with zero attached hydrogens (tertiary/aromatic N) is 1. The number of para-hydroxylation sites is 2. The Morgan fingerprint density at radius 1 is 0.897 bits per heavy atom. The Morgan fingerprint density at radius 3 is 2.17 bits per heavy atom. The van der Waals surface area contributed by atoms with E-state index in [4.69, 9.17) is 4.74 Å². The number of nitrogens with one attached hydrogen (secondary N) is 1. The molecule has 1 unspecified atom stereocenters. The van der Waals surface area contributed by atoms with Crippen molar-refractivity contribution in [1.29, 1.82) is 0 Å². The van der Waals surface area contributed by atoms with E-state index in [0.29, 0.717) is 23.5 Å². The predicted octanol–water partition coefficient (Wildman–Crippen LogP) is 4.36. The van der Waals surface area contributed by atoms with E-state index in [1.54, 1.807) is 55.3 Å². The summed E-state index contributed by atoms with van der Waals surface area (Å²) in [6, 6.07) is 25.9. The second kappa shape index (κ2) is 9.55. The van der Waals surface area contributed by atoms with Crippen molar-refractivity contribution in [1.82, 2.24) is 4.90 Å². The molecule has 0 spiro atoms. The molecule has 0 bridgehead atoms. The number of ether oxygens (including phenoxy) is 1. The molecule has 0 saturated heterocycles. The SMILES string of the molecule is CC(Oc1ccccc1)C(=O)Nc1ccccc1C(=O)N(C)Cc1ccccc1. The molecule has 3 rings (SSSR count). The molecule has 2 amide bonds. The Bertz CT molecular complexity index is 958. The van der Waals surface area contributed by atoms with E-state index in [1.165, 1.54) is 0 Å².